The highest BCUT2D eigenvalue weighted by Crippen LogP contribution is 2.29. The van der Waals surface area contributed by atoms with Gasteiger partial charge in [-0.2, -0.15) is 0 Å². The Labute approximate surface area is 115 Å². The first-order valence-electron chi connectivity index (χ1n) is 7.30. The Balaban J connectivity index is 2.44. The average molecular weight is 269 g/mol. The highest BCUT2D eigenvalue weighted by Gasteiger charge is 2.31. The molecule has 3 atom stereocenters. The zero-order valence-corrected chi connectivity index (χ0v) is 12.3. The lowest BCUT2D eigenvalue weighted by atomic mass is 9.78. The fraction of sp³-hybridized carbons (Fsp3) is 0.857. The molecule has 0 aromatic carbocycles. The summed E-state index contributed by atoms with van der Waals surface area (Å²) in [4.78, 5) is 25.7. The van der Waals surface area contributed by atoms with Gasteiger partial charge in [0.25, 0.3) is 0 Å². The first-order valence-corrected chi connectivity index (χ1v) is 7.30. The van der Waals surface area contributed by atoms with Crippen LogP contribution in [0.15, 0.2) is 0 Å². The van der Waals surface area contributed by atoms with Gasteiger partial charge in [0, 0.05) is 25.0 Å². The molecule has 0 heterocycles. The molecule has 3 N–H and O–H groups in total. The predicted molar refractivity (Wildman–Crippen MR) is 75.4 cm³/mol. The third-order valence-corrected chi connectivity index (χ3v) is 4.10. The minimum atomic E-state index is -0.0479. The van der Waals surface area contributed by atoms with E-state index < -0.39 is 0 Å². The Morgan fingerprint density at radius 1 is 1.26 bits per heavy atom. The molecule has 0 aliphatic heterocycles. The summed E-state index contributed by atoms with van der Waals surface area (Å²) < 4.78 is 0. The van der Waals surface area contributed by atoms with Crippen molar-refractivity contribution in [3.05, 3.63) is 0 Å². The lowest BCUT2D eigenvalue weighted by Gasteiger charge is -2.31. The highest BCUT2D eigenvalue weighted by atomic mass is 16.2. The number of rotatable bonds is 5. The van der Waals surface area contributed by atoms with Gasteiger partial charge in [-0.1, -0.05) is 6.92 Å². The van der Waals surface area contributed by atoms with Crippen LogP contribution in [0.3, 0.4) is 0 Å². The minimum Gasteiger partial charge on any atom is -0.347 e. The molecule has 0 radical (unpaired) electrons. The Morgan fingerprint density at radius 3 is 2.47 bits per heavy atom. The Morgan fingerprint density at radius 2 is 1.89 bits per heavy atom. The molecule has 110 valence electrons. The van der Waals surface area contributed by atoms with Gasteiger partial charge in [-0.25, -0.2) is 0 Å². The second-order valence-corrected chi connectivity index (χ2v) is 5.44. The van der Waals surface area contributed by atoms with Crippen LogP contribution >= 0.6 is 0 Å². The van der Waals surface area contributed by atoms with Crippen LogP contribution < -0.4 is 11.1 Å². The molecule has 0 aromatic heterocycles. The van der Waals surface area contributed by atoms with Crippen LogP contribution in [-0.2, 0) is 9.59 Å². The van der Waals surface area contributed by atoms with E-state index in [0.29, 0.717) is 19.0 Å². The first-order chi connectivity index (χ1) is 8.99. The van der Waals surface area contributed by atoms with E-state index in [-0.39, 0.29) is 30.3 Å². The van der Waals surface area contributed by atoms with Crippen molar-refractivity contribution in [1.82, 2.24) is 10.2 Å². The lowest BCUT2D eigenvalue weighted by Crippen LogP contribution is -2.45. The van der Waals surface area contributed by atoms with Crippen molar-refractivity contribution in [3.8, 4) is 0 Å². The molecule has 0 saturated heterocycles. The summed E-state index contributed by atoms with van der Waals surface area (Å²) in [5.41, 5.74) is 5.92. The van der Waals surface area contributed by atoms with Crippen LogP contribution in [0.1, 0.15) is 40.0 Å². The zero-order chi connectivity index (χ0) is 14.4. The molecule has 1 aliphatic carbocycles. The first kappa shape index (κ1) is 16.0. The predicted octanol–water partition coefficient (Wildman–Crippen LogP) is 0.735. The average Bonchev–Trinajstić information content (AvgIpc) is 2.40. The fourth-order valence-corrected chi connectivity index (χ4v) is 2.70. The zero-order valence-electron chi connectivity index (χ0n) is 12.3. The maximum absolute atomic E-state index is 12.1. The van der Waals surface area contributed by atoms with Crippen molar-refractivity contribution in [1.29, 1.82) is 0 Å². The van der Waals surface area contributed by atoms with Gasteiger partial charge in [0.1, 0.15) is 0 Å². The van der Waals surface area contributed by atoms with Crippen LogP contribution in [-0.4, -0.2) is 42.4 Å². The molecular weight excluding hydrogens is 242 g/mol. The number of carbonyl (C=O) groups is 2. The van der Waals surface area contributed by atoms with Crippen molar-refractivity contribution in [2.75, 3.05) is 19.6 Å². The Kier molecular flexibility index (Phi) is 6.28. The molecule has 1 rings (SSSR count). The number of nitrogens with zero attached hydrogens (tertiary/aromatic N) is 1. The third kappa shape index (κ3) is 4.49. The Hall–Kier alpha value is -1.10. The van der Waals surface area contributed by atoms with Gasteiger partial charge < -0.3 is 16.0 Å². The monoisotopic (exact) mass is 269 g/mol. The second-order valence-electron chi connectivity index (χ2n) is 5.44. The summed E-state index contributed by atoms with van der Waals surface area (Å²) in [6, 6.07) is 0.116. The number of hydrogen-bond donors (Lipinski definition) is 2. The number of nitrogens with one attached hydrogen (secondary N) is 1. The normalized spacial score (nSPS) is 26.8. The quantitative estimate of drug-likeness (QED) is 0.773. The molecule has 2 amide bonds. The van der Waals surface area contributed by atoms with Gasteiger partial charge >= 0.3 is 0 Å². The van der Waals surface area contributed by atoms with E-state index in [9.17, 15) is 9.59 Å². The molecule has 1 saturated carbocycles. The van der Waals surface area contributed by atoms with Gasteiger partial charge in [-0.3, -0.25) is 9.59 Å². The van der Waals surface area contributed by atoms with Gasteiger partial charge in [0.15, 0.2) is 0 Å². The van der Waals surface area contributed by atoms with Crippen molar-refractivity contribution in [2.24, 2.45) is 17.6 Å². The SMILES string of the molecule is CCN(CC)C(=O)CNC(=O)C1CC(N)CCC1C. The molecule has 0 aromatic rings. The summed E-state index contributed by atoms with van der Waals surface area (Å²) in [5.74, 6) is 0.255. The van der Waals surface area contributed by atoms with Crippen LogP contribution in [0.5, 0.6) is 0 Å². The molecule has 3 unspecified atom stereocenters. The van der Waals surface area contributed by atoms with Gasteiger partial charge in [-0.15, -0.1) is 0 Å². The van der Waals surface area contributed by atoms with Crippen LogP contribution in [0.25, 0.3) is 0 Å². The van der Waals surface area contributed by atoms with Crippen molar-refractivity contribution in [2.45, 2.75) is 46.1 Å². The van der Waals surface area contributed by atoms with E-state index in [4.69, 9.17) is 5.73 Å². The van der Waals surface area contributed by atoms with E-state index in [0.717, 1.165) is 19.3 Å². The number of amides is 2. The Bertz CT molecular complexity index is 316. The van der Waals surface area contributed by atoms with E-state index in [1.165, 1.54) is 0 Å². The maximum atomic E-state index is 12.1. The molecule has 1 fully saturated rings. The lowest BCUT2D eigenvalue weighted by molar-refractivity contribution is -0.134. The summed E-state index contributed by atoms with van der Waals surface area (Å²) in [5, 5.41) is 2.77. The van der Waals surface area contributed by atoms with Gasteiger partial charge in [-0.05, 0) is 39.0 Å². The van der Waals surface area contributed by atoms with Gasteiger partial charge in [0.05, 0.1) is 6.54 Å². The van der Waals surface area contributed by atoms with E-state index in [2.05, 4.69) is 12.2 Å². The van der Waals surface area contributed by atoms with Crippen LogP contribution in [0, 0.1) is 11.8 Å². The van der Waals surface area contributed by atoms with E-state index >= 15 is 0 Å². The molecule has 0 spiro atoms. The molecule has 0 bridgehead atoms. The second kappa shape index (κ2) is 7.48. The van der Waals surface area contributed by atoms with Crippen LogP contribution in [0.2, 0.25) is 0 Å². The van der Waals surface area contributed by atoms with Gasteiger partial charge in [0.2, 0.25) is 11.8 Å². The molecule has 1 aliphatic rings. The van der Waals surface area contributed by atoms with Crippen LogP contribution in [0.4, 0.5) is 0 Å². The molecular formula is C14H27N3O2. The topological polar surface area (TPSA) is 75.4 Å². The standard InChI is InChI=1S/C14H27N3O2/c1-4-17(5-2)13(18)9-16-14(19)12-8-11(15)7-6-10(12)3/h10-12H,4-9,15H2,1-3H3,(H,16,19). The van der Waals surface area contributed by atoms with Crippen molar-refractivity contribution < 1.29 is 9.59 Å². The number of nitrogens with two attached hydrogens (primary N) is 1. The summed E-state index contributed by atoms with van der Waals surface area (Å²) in [6.45, 7) is 7.41. The van der Waals surface area contributed by atoms with E-state index in [1.807, 2.05) is 13.8 Å². The summed E-state index contributed by atoms with van der Waals surface area (Å²) in [7, 11) is 0. The minimum absolute atomic E-state index is 0.0221. The highest BCUT2D eigenvalue weighted by molar-refractivity contribution is 5.86. The van der Waals surface area contributed by atoms with Crippen molar-refractivity contribution >= 4 is 11.8 Å². The largest absolute Gasteiger partial charge is 0.347 e. The fourth-order valence-electron chi connectivity index (χ4n) is 2.70. The maximum Gasteiger partial charge on any atom is 0.241 e. The smallest absolute Gasteiger partial charge is 0.241 e. The van der Waals surface area contributed by atoms with E-state index in [1.54, 1.807) is 4.90 Å². The summed E-state index contributed by atoms with van der Waals surface area (Å²) >= 11 is 0. The molecule has 5 heteroatoms. The summed E-state index contributed by atoms with van der Waals surface area (Å²) in [6.07, 6.45) is 2.71. The number of likely N-dealkylation sites (N-methyl/N-ethyl adjacent to an activating group) is 1. The number of hydrogen-bond acceptors (Lipinski definition) is 3. The number of carbonyl (C=O) groups excluding carboxylic acids is 2. The molecule has 5 nitrogen and oxygen atoms in total. The third-order valence-electron chi connectivity index (χ3n) is 4.10. The van der Waals surface area contributed by atoms with Crippen molar-refractivity contribution in [3.63, 3.8) is 0 Å². The molecule has 19 heavy (non-hydrogen) atoms.